The lowest BCUT2D eigenvalue weighted by molar-refractivity contribution is 0.0950. The normalized spacial score (nSPS) is 10.3. The van der Waals surface area contributed by atoms with E-state index in [0.717, 1.165) is 17.7 Å². The molecule has 5 heteroatoms. The van der Waals surface area contributed by atoms with Crippen molar-refractivity contribution in [3.8, 4) is 17.2 Å². The van der Waals surface area contributed by atoms with Crippen LogP contribution < -0.4 is 19.5 Å². The van der Waals surface area contributed by atoms with Crippen LogP contribution in [-0.4, -0.2) is 26.7 Å². The number of hydrogen-bond donors (Lipinski definition) is 1. The highest BCUT2D eigenvalue weighted by atomic mass is 16.5. The van der Waals surface area contributed by atoms with Crippen molar-refractivity contribution >= 4 is 5.91 Å². The number of nitrogens with one attached hydrogen (secondary N) is 1. The van der Waals surface area contributed by atoms with Gasteiger partial charge in [0.15, 0.2) is 0 Å². The minimum atomic E-state index is -0.133. The van der Waals surface area contributed by atoms with Gasteiger partial charge < -0.3 is 19.5 Å². The zero-order valence-corrected chi connectivity index (χ0v) is 16.4. The minimum Gasteiger partial charge on any atom is -0.497 e. The van der Waals surface area contributed by atoms with Gasteiger partial charge in [-0.15, -0.1) is 0 Å². The van der Waals surface area contributed by atoms with Crippen molar-refractivity contribution in [2.75, 3.05) is 20.8 Å². The van der Waals surface area contributed by atoms with E-state index in [0.29, 0.717) is 30.2 Å². The SMILES string of the molecule is CCCCCCOc1ccc(C(=O)NCc2cc(OC)cc(OC)c2)cc1. The molecule has 146 valence electrons. The molecule has 0 aliphatic heterocycles. The number of benzene rings is 2. The number of ether oxygens (including phenoxy) is 3. The van der Waals surface area contributed by atoms with E-state index >= 15 is 0 Å². The molecule has 1 N–H and O–H groups in total. The second-order valence-corrected chi connectivity index (χ2v) is 6.34. The molecular formula is C22H29NO4. The fourth-order valence-corrected chi connectivity index (χ4v) is 2.67. The molecule has 0 spiro atoms. The molecule has 0 radical (unpaired) electrons. The third-order valence-electron chi connectivity index (χ3n) is 4.25. The van der Waals surface area contributed by atoms with Crippen LogP contribution in [0.2, 0.25) is 0 Å². The number of carbonyl (C=O) groups excluding carboxylic acids is 1. The molecule has 0 heterocycles. The van der Waals surface area contributed by atoms with Crippen molar-refractivity contribution in [2.45, 2.75) is 39.2 Å². The lowest BCUT2D eigenvalue weighted by atomic mass is 10.1. The van der Waals surface area contributed by atoms with Crippen molar-refractivity contribution in [2.24, 2.45) is 0 Å². The molecule has 0 saturated heterocycles. The Bertz CT molecular complexity index is 691. The predicted molar refractivity (Wildman–Crippen MR) is 107 cm³/mol. The van der Waals surface area contributed by atoms with Crippen LogP contribution in [0.3, 0.4) is 0 Å². The topological polar surface area (TPSA) is 56.8 Å². The van der Waals surface area contributed by atoms with E-state index in [1.165, 1.54) is 19.3 Å². The van der Waals surface area contributed by atoms with Crippen molar-refractivity contribution < 1.29 is 19.0 Å². The quantitative estimate of drug-likeness (QED) is 0.587. The van der Waals surface area contributed by atoms with E-state index in [9.17, 15) is 4.79 Å². The smallest absolute Gasteiger partial charge is 0.251 e. The Morgan fingerprint density at radius 2 is 1.56 bits per heavy atom. The highest BCUT2D eigenvalue weighted by molar-refractivity contribution is 5.94. The van der Waals surface area contributed by atoms with E-state index in [1.807, 2.05) is 24.3 Å². The van der Waals surface area contributed by atoms with Crippen molar-refractivity contribution in [3.63, 3.8) is 0 Å². The lowest BCUT2D eigenvalue weighted by Gasteiger charge is -2.10. The average molecular weight is 371 g/mol. The van der Waals surface area contributed by atoms with Crippen LogP contribution >= 0.6 is 0 Å². The molecular weight excluding hydrogens is 342 g/mol. The number of unbranched alkanes of at least 4 members (excludes halogenated alkanes) is 3. The molecule has 2 rings (SSSR count). The van der Waals surface area contributed by atoms with Gasteiger partial charge in [-0.25, -0.2) is 0 Å². The summed E-state index contributed by atoms with van der Waals surface area (Å²) in [6.45, 7) is 3.29. The third kappa shape index (κ3) is 6.85. The molecule has 2 aromatic rings. The van der Waals surface area contributed by atoms with Gasteiger partial charge in [-0.3, -0.25) is 4.79 Å². The molecule has 2 aromatic carbocycles. The molecule has 0 saturated carbocycles. The highest BCUT2D eigenvalue weighted by Gasteiger charge is 2.07. The summed E-state index contributed by atoms with van der Waals surface area (Å²) in [4.78, 5) is 12.4. The van der Waals surface area contributed by atoms with Gasteiger partial charge >= 0.3 is 0 Å². The van der Waals surface area contributed by atoms with Crippen LogP contribution in [0.4, 0.5) is 0 Å². The van der Waals surface area contributed by atoms with Gasteiger partial charge in [-0.1, -0.05) is 26.2 Å². The van der Waals surface area contributed by atoms with Crippen molar-refractivity contribution in [3.05, 3.63) is 53.6 Å². The second kappa shape index (κ2) is 11.1. The second-order valence-electron chi connectivity index (χ2n) is 6.34. The van der Waals surface area contributed by atoms with Crippen LogP contribution in [0.1, 0.15) is 48.5 Å². The summed E-state index contributed by atoms with van der Waals surface area (Å²) < 4.78 is 16.2. The summed E-state index contributed by atoms with van der Waals surface area (Å²) >= 11 is 0. The zero-order valence-electron chi connectivity index (χ0n) is 16.4. The molecule has 0 aromatic heterocycles. The van der Waals surface area contributed by atoms with Crippen LogP contribution in [0, 0.1) is 0 Å². The Morgan fingerprint density at radius 3 is 2.15 bits per heavy atom. The van der Waals surface area contributed by atoms with E-state index in [2.05, 4.69) is 12.2 Å². The monoisotopic (exact) mass is 371 g/mol. The van der Waals surface area contributed by atoms with Gasteiger partial charge in [0.2, 0.25) is 0 Å². The van der Waals surface area contributed by atoms with E-state index in [4.69, 9.17) is 14.2 Å². The molecule has 0 atom stereocenters. The summed E-state index contributed by atoms with van der Waals surface area (Å²) in [6, 6.07) is 12.8. The van der Waals surface area contributed by atoms with Gasteiger partial charge in [0, 0.05) is 18.2 Å². The Morgan fingerprint density at radius 1 is 0.889 bits per heavy atom. The fourth-order valence-electron chi connectivity index (χ4n) is 2.67. The number of amides is 1. The first-order chi connectivity index (χ1) is 13.2. The summed E-state index contributed by atoms with van der Waals surface area (Å²) in [5.74, 6) is 2.05. The maximum Gasteiger partial charge on any atom is 0.251 e. The van der Waals surface area contributed by atoms with Crippen LogP contribution in [0.5, 0.6) is 17.2 Å². The van der Waals surface area contributed by atoms with Gasteiger partial charge in [-0.2, -0.15) is 0 Å². The summed E-state index contributed by atoms with van der Waals surface area (Å²) in [5.41, 5.74) is 1.51. The van der Waals surface area contributed by atoms with Gasteiger partial charge in [0.25, 0.3) is 5.91 Å². The molecule has 0 unspecified atom stereocenters. The van der Waals surface area contributed by atoms with Crippen LogP contribution in [0.25, 0.3) is 0 Å². The number of hydrogen-bond acceptors (Lipinski definition) is 4. The Hall–Kier alpha value is -2.69. The summed E-state index contributed by atoms with van der Waals surface area (Å²) in [5, 5.41) is 2.91. The van der Waals surface area contributed by atoms with Crippen molar-refractivity contribution in [1.82, 2.24) is 5.32 Å². The first-order valence-electron chi connectivity index (χ1n) is 9.39. The summed E-state index contributed by atoms with van der Waals surface area (Å²) in [7, 11) is 3.20. The molecule has 1 amide bonds. The van der Waals surface area contributed by atoms with Crippen LogP contribution in [0.15, 0.2) is 42.5 Å². The number of carbonyl (C=O) groups is 1. The maximum absolute atomic E-state index is 12.4. The van der Waals surface area contributed by atoms with Crippen LogP contribution in [-0.2, 0) is 6.54 Å². The van der Waals surface area contributed by atoms with Gasteiger partial charge in [0.1, 0.15) is 17.2 Å². The number of rotatable bonds is 11. The van der Waals surface area contributed by atoms with Gasteiger partial charge in [-0.05, 0) is 48.4 Å². The Balaban J connectivity index is 1.85. The molecule has 27 heavy (non-hydrogen) atoms. The first kappa shape index (κ1) is 20.6. The third-order valence-corrected chi connectivity index (χ3v) is 4.25. The van der Waals surface area contributed by atoms with Crippen molar-refractivity contribution in [1.29, 1.82) is 0 Å². The zero-order chi connectivity index (χ0) is 19.5. The average Bonchev–Trinajstić information content (AvgIpc) is 2.72. The largest absolute Gasteiger partial charge is 0.497 e. The molecule has 5 nitrogen and oxygen atoms in total. The molecule has 0 aliphatic carbocycles. The van der Waals surface area contributed by atoms with Gasteiger partial charge in [0.05, 0.1) is 20.8 Å². The van der Waals surface area contributed by atoms with E-state index in [-0.39, 0.29) is 5.91 Å². The Kier molecular flexibility index (Phi) is 8.49. The first-order valence-corrected chi connectivity index (χ1v) is 9.39. The standard InChI is InChI=1S/C22H29NO4/c1-4-5-6-7-12-27-19-10-8-18(9-11-19)22(24)23-16-17-13-20(25-2)15-21(14-17)26-3/h8-11,13-15H,4-7,12,16H2,1-3H3,(H,23,24). The van der Waals surface area contributed by atoms with E-state index < -0.39 is 0 Å². The molecule has 0 aliphatic rings. The minimum absolute atomic E-state index is 0.133. The van der Waals surface area contributed by atoms with E-state index in [1.54, 1.807) is 32.4 Å². The highest BCUT2D eigenvalue weighted by Crippen LogP contribution is 2.22. The number of methoxy groups -OCH3 is 2. The summed E-state index contributed by atoms with van der Waals surface area (Å²) in [6.07, 6.45) is 4.69. The lowest BCUT2D eigenvalue weighted by Crippen LogP contribution is -2.22. The fraction of sp³-hybridized carbons (Fsp3) is 0.409. The maximum atomic E-state index is 12.4. The Labute approximate surface area is 161 Å². The predicted octanol–water partition coefficient (Wildman–Crippen LogP) is 4.59. The molecule has 0 fully saturated rings. The molecule has 0 bridgehead atoms.